The Morgan fingerprint density at radius 1 is 1.10 bits per heavy atom. The van der Waals surface area contributed by atoms with Crippen molar-refractivity contribution in [2.75, 3.05) is 24.6 Å². The minimum atomic E-state index is -4.18. The fourth-order valence-electron chi connectivity index (χ4n) is 2.06. The molecule has 0 aliphatic carbocycles. The van der Waals surface area contributed by atoms with Crippen LogP contribution >= 0.6 is 11.6 Å². The summed E-state index contributed by atoms with van der Waals surface area (Å²) in [5, 5.41) is -0.0172. The maximum atomic E-state index is 12.0. The van der Waals surface area contributed by atoms with E-state index in [0.29, 0.717) is 5.95 Å². The second-order valence-electron chi connectivity index (χ2n) is 4.80. The Morgan fingerprint density at radius 3 is 2.48 bits per heavy atom. The number of halogens is 4. The third-order valence-corrected chi connectivity index (χ3v) is 3.22. The van der Waals surface area contributed by atoms with Crippen LogP contribution in [0.25, 0.3) is 0 Å². The molecule has 0 spiro atoms. The van der Waals surface area contributed by atoms with Crippen LogP contribution in [0.4, 0.5) is 19.1 Å². The van der Waals surface area contributed by atoms with Crippen molar-refractivity contribution in [3.8, 4) is 6.01 Å². The van der Waals surface area contributed by atoms with Gasteiger partial charge in [0.25, 0.3) is 0 Å². The van der Waals surface area contributed by atoms with Crippen LogP contribution in [0.2, 0.25) is 5.28 Å². The monoisotopic (exact) mass is 324 g/mol. The van der Waals surface area contributed by atoms with Crippen molar-refractivity contribution in [3.05, 3.63) is 5.28 Å². The van der Waals surface area contributed by atoms with Gasteiger partial charge in [0, 0.05) is 19.5 Å². The molecule has 118 valence electrons. The van der Waals surface area contributed by atoms with Gasteiger partial charge < -0.3 is 9.64 Å². The molecule has 0 saturated carbocycles. The molecular weight excluding hydrogens is 309 g/mol. The SMILES string of the molecule is FC(F)(F)CCCOc1nc(Cl)nc(N2CCCCC2)n1. The molecular formula is C12H16ClF3N4O. The van der Waals surface area contributed by atoms with E-state index in [0.717, 1.165) is 32.4 Å². The van der Waals surface area contributed by atoms with Gasteiger partial charge in [-0.05, 0) is 37.3 Å². The molecule has 0 N–H and O–H groups in total. The summed E-state index contributed by atoms with van der Waals surface area (Å²) in [5.74, 6) is 0.417. The predicted octanol–water partition coefficient (Wildman–Crippen LogP) is 3.24. The molecule has 0 aromatic carbocycles. The first kappa shape index (κ1) is 16.1. The standard InChI is InChI=1S/C12H16ClF3N4O/c13-9-17-10(20-6-2-1-3-7-20)19-11(18-9)21-8-4-5-12(14,15)16/h1-8H2. The zero-order valence-electron chi connectivity index (χ0n) is 11.4. The minimum Gasteiger partial charge on any atom is -0.463 e. The van der Waals surface area contributed by atoms with Crippen LogP contribution in [0.3, 0.4) is 0 Å². The van der Waals surface area contributed by atoms with Crippen LogP contribution in [-0.2, 0) is 0 Å². The molecule has 0 atom stereocenters. The molecule has 2 rings (SSSR count). The highest BCUT2D eigenvalue weighted by atomic mass is 35.5. The third-order valence-electron chi connectivity index (χ3n) is 3.05. The number of hydrogen-bond acceptors (Lipinski definition) is 5. The van der Waals surface area contributed by atoms with Gasteiger partial charge in [0.15, 0.2) is 0 Å². The Labute approximate surface area is 125 Å². The van der Waals surface area contributed by atoms with Crippen molar-refractivity contribution in [2.24, 2.45) is 0 Å². The topological polar surface area (TPSA) is 51.1 Å². The van der Waals surface area contributed by atoms with Gasteiger partial charge in [-0.3, -0.25) is 0 Å². The molecule has 0 radical (unpaired) electrons. The molecule has 5 nitrogen and oxygen atoms in total. The molecule has 1 saturated heterocycles. The smallest absolute Gasteiger partial charge is 0.389 e. The molecule has 9 heteroatoms. The van der Waals surface area contributed by atoms with E-state index < -0.39 is 12.6 Å². The van der Waals surface area contributed by atoms with Crippen LogP contribution in [0, 0.1) is 0 Å². The van der Waals surface area contributed by atoms with Crippen LogP contribution in [0.1, 0.15) is 32.1 Å². The first-order valence-corrected chi connectivity index (χ1v) is 7.18. The Balaban J connectivity index is 1.92. The van der Waals surface area contributed by atoms with E-state index in [1.165, 1.54) is 0 Å². The number of rotatable bonds is 5. The van der Waals surface area contributed by atoms with Crippen LogP contribution in [0.5, 0.6) is 6.01 Å². The average Bonchev–Trinajstić information content (AvgIpc) is 2.43. The summed E-state index contributed by atoms with van der Waals surface area (Å²) >= 11 is 5.81. The summed E-state index contributed by atoms with van der Waals surface area (Å²) in [6, 6.07) is -0.0299. The van der Waals surface area contributed by atoms with Crippen molar-refractivity contribution in [1.82, 2.24) is 15.0 Å². The van der Waals surface area contributed by atoms with E-state index in [-0.39, 0.29) is 24.3 Å². The second-order valence-corrected chi connectivity index (χ2v) is 5.14. The summed E-state index contributed by atoms with van der Waals surface area (Å²) in [4.78, 5) is 13.9. The molecule has 1 aromatic heterocycles. The molecule has 0 bridgehead atoms. The fourth-order valence-corrected chi connectivity index (χ4v) is 2.21. The third kappa shape index (κ3) is 5.53. The van der Waals surface area contributed by atoms with E-state index in [9.17, 15) is 13.2 Å². The van der Waals surface area contributed by atoms with E-state index in [1.54, 1.807) is 0 Å². The minimum absolute atomic E-state index is 0.0172. The number of nitrogens with zero attached hydrogens (tertiary/aromatic N) is 4. The Morgan fingerprint density at radius 2 is 1.81 bits per heavy atom. The molecule has 1 aliphatic heterocycles. The Bertz CT molecular complexity index is 466. The van der Waals surface area contributed by atoms with E-state index in [4.69, 9.17) is 16.3 Å². The molecule has 1 aromatic rings. The van der Waals surface area contributed by atoms with E-state index in [2.05, 4.69) is 15.0 Å². The second kappa shape index (κ2) is 7.11. The molecule has 21 heavy (non-hydrogen) atoms. The largest absolute Gasteiger partial charge is 0.463 e. The number of anilines is 1. The predicted molar refractivity (Wildman–Crippen MR) is 71.7 cm³/mol. The van der Waals surface area contributed by atoms with Crippen molar-refractivity contribution < 1.29 is 17.9 Å². The molecule has 1 aliphatic rings. The molecule has 1 fully saturated rings. The normalized spacial score (nSPS) is 16.1. The number of piperidine rings is 1. The summed E-state index contributed by atoms with van der Waals surface area (Å²) in [5.41, 5.74) is 0. The summed E-state index contributed by atoms with van der Waals surface area (Å²) in [7, 11) is 0. The van der Waals surface area contributed by atoms with Gasteiger partial charge in [-0.25, -0.2) is 0 Å². The summed E-state index contributed by atoms with van der Waals surface area (Å²) in [6.45, 7) is 1.54. The zero-order valence-corrected chi connectivity index (χ0v) is 12.1. The van der Waals surface area contributed by atoms with E-state index in [1.807, 2.05) is 4.90 Å². The highest BCUT2D eigenvalue weighted by molar-refractivity contribution is 6.28. The van der Waals surface area contributed by atoms with Gasteiger partial charge in [-0.2, -0.15) is 28.1 Å². The number of ether oxygens (including phenoxy) is 1. The lowest BCUT2D eigenvalue weighted by atomic mass is 10.1. The van der Waals surface area contributed by atoms with Crippen molar-refractivity contribution in [3.63, 3.8) is 0 Å². The summed E-state index contributed by atoms with van der Waals surface area (Å²) < 4.78 is 41.2. The Hall–Kier alpha value is -1.31. The first-order chi connectivity index (χ1) is 9.94. The quantitative estimate of drug-likeness (QED) is 0.778. The zero-order chi connectivity index (χ0) is 15.3. The number of aromatic nitrogens is 3. The molecule has 2 heterocycles. The maximum absolute atomic E-state index is 12.0. The lowest BCUT2D eigenvalue weighted by Crippen LogP contribution is -2.31. The van der Waals surface area contributed by atoms with Gasteiger partial charge in [-0.1, -0.05) is 0 Å². The van der Waals surface area contributed by atoms with Crippen LogP contribution in [0.15, 0.2) is 0 Å². The lowest BCUT2D eigenvalue weighted by molar-refractivity contribution is -0.136. The van der Waals surface area contributed by atoms with Crippen molar-refractivity contribution >= 4 is 17.5 Å². The maximum Gasteiger partial charge on any atom is 0.389 e. The first-order valence-electron chi connectivity index (χ1n) is 6.80. The van der Waals surface area contributed by atoms with Gasteiger partial charge in [-0.15, -0.1) is 0 Å². The number of alkyl halides is 3. The fraction of sp³-hybridized carbons (Fsp3) is 0.750. The highest BCUT2D eigenvalue weighted by Crippen LogP contribution is 2.22. The average molecular weight is 325 g/mol. The van der Waals surface area contributed by atoms with Gasteiger partial charge in [0.05, 0.1) is 6.61 Å². The molecule has 0 amide bonds. The molecule has 0 unspecified atom stereocenters. The number of hydrogen-bond donors (Lipinski definition) is 0. The summed E-state index contributed by atoms with van der Waals surface area (Å²) in [6.07, 6.45) is -1.97. The van der Waals surface area contributed by atoms with Gasteiger partial charge in [0.1, 0.15) is 0 Å². The Kier molecular flexibility index (Phi) is 5.44. The lowest BCUT2D eigenvalue weighted by Gasteiger charge is -2.26. The van der Waals surface area contributed by atoms with Gasteiger partial charge >= 0.3 is 12.2 Å². The van der Waals surface area contributed by atoms with Crippen LogP contribution in [-0.4, -0.2) is 40.8 Å². The van der Waals surface area contributed by atoms with Crippen molar-refractivity contribution in [2.45, 2.75) is 38.3 Å². The van der Waals surface area contributed by atoms with E-state index >= 15 is 0 Å². The van der Waals surface area contributed by atoms with Crippen LogP contribution < -0.4 is 9.64 Å². The van der Waals surface area contributed by atoms with Crippen molar-refractivity contribution in [1.29, 1.82) is 0 Å². The highest BCUT2D eigenvalue weighted by Gasteiger charge is 2.26. The van der Waals surface area contributed by atoms with Gasteiger partial charge in [0.2, 0.25) is 11.2 Å².